The van der Waals surface area contributed by atoms with Gasteiger partial charge in [0, 0.05) is 38.1 Å². The average Bonchev–Trinajstić information content (AvgIpc) is 3.62. The number of H-pyrrole nitrogens is 1. The van der Waals surface area contributed by atoms with Crippen molar-refractivity contribution in [1.29, 1.82) is 0 Å². The van der Waals surface area contributed by atoms with Crippen LogP contribution in [0.2, 0.25) is 0 Å². The first-order valence-corrected chi connectivity index (χ1v) is 10.5. The zero-order chi connectivity index (χ0) is 24.3. The van der Waals surface area contributed by atoms with Crippen LogP contribution in [0.5, 0.6) is 0 Å². The van der Waals surface area contributed by atoms with Gasteiger partial charge in [0.1, 0.15) is 11.7 Å². The van der Waals surface area contributed by atoms with Gasteiger partial charge in [-0.1, -0.05) is 0 Å². The number of aromatic amines is 1. The van der Waals surface area contributed by atoms with Crippen LogP contribution in [-0.2, 0) is 19.6 Å². The summed E-state index contributed by atoms with van der Waals surface area (Å²) in [7, 11) is 1.73. The van der Waals surface area contributed by atoms with Gasteiger partial charge in [-0.15, -0.1) is 10.2 Å². The van der Waals surface area contributed by atoms with Crippen LogP contribution in [0.4, 0.5) is 13.2 Å². The molecule has 0 saturated carbocycles. The highest BCUT2D eigenvalue weighted by atomic mass is 19.4. The molecule has 0 spiro atoms. The molecule has 0 bridgehead atoms. The fourth-order valence-corrected chi connectivity index (χ4v) is 4.27. The third-order valence-corrected chi connectivity index (χ3v) is 5.83. The number of imidazole rings is 1. The van der Waals surface area contributed by atoms with Gasteiger partial charge in [0.2, 0.25) is 0 Å². The van der Waals surface area contributed by atoms with E-state index >= 15 is 0 Å². The largest absolute Gasteiger partial charge is 0.418 e. The predicted molar refractivity (Wildman–Crippen MR) is 112 cm³/mol. The summed E-state index contributed by atoms with van der Waals surface area (Å²) in [6.07, 6.45) is 0.491. The Morgan fingerprint density at radius 2 is 2.06 bits per heavy atom. The maximum atomic E-state index is 13.6. The van der Waals surface area contributed by atoms with Crippen molar-refractivity contribution in [3.8, 4) is 11.6 Å². The molecule has 0 unspecified atom stereocenters. The molecule has 0 radical (unpaired) electrons. The van der Waals surface area contributed by atoms with Crippen LogP contribution in [0, 0.1) is 0 Å². The standard InChI is InChI=1S/C21H16F3N9O2/c1-31-7-4-13(29-31)18-27-28-19(35-18)20(34)32-8-5-12-16(26-10-25-12)17(32)14-9-15-11(21(22,23)24)3-2-6-33(15)30-14/h2-4,6-7,9-10,17H,5,8H2,1H3,(H,25,26)/t17-/m1/s1. The van der Waals surface area contributed by atoms with Crippen molar-refractivity contribution in [2.24, 2.45) is 7.05 Å². The predicted octanol–water partition coefficient (Wildman–Crippen LogP) is 2.65. The van der Waals surface area contributed by atoms with Crippen LogP contribution >= 0.6 is 0 Å². The van der Waals surface area contributed by atoms with Gasteiger partial charge in [0.15, 0.2) is 0 Å². The molecule has 6 rings (SSSR count). The molecule has 1 atom stereocenters. The van der Waals surface area contributed by atoms with Gasteiger partial charge in [-0.25, -0.2) is 9.50 Å². The van der Waals surface area contributed by atoms with Gasteiger partial charge in [-0.3, -0.25) is 9.48 Å². The number of nitrogens with zero attached hydrogens (tertiary/aromatic N) is 8. The minimum Gasteiger partial charge on any atom is -0.411 e. The molecule has 0 fully saturated rings. The summed E-state index contributed by atoms with van der Waals surface area (Å²) in [6, 6.07) is 4.39. The van der Waals surface area contributed by atoms with Gasteiger partial charge in [-0.2, -0.15) is 23.4 Å². The van der Waals surface area contributed by atoms with Crippen molar-refractivity contribution in [3.05, 3.63) is 71.5 Å². The lowest BCUT2D eigenvalue weighted by atomic mass is 9.99. The Labute approximate surface area is 194 Å². The maximum absolute atomic E-state index is 13.6. The van der Waals surface area contributed by atoms with Crippen molar-refractivity contribution in [2.75, 3.05) is 6.54 Å². The summed E-state index contributed by atoms with van der Waals surface area (Å²) >= 11 is 0. The second-order valence-corrected chi connectivity index (χ2v) is 8.02. The first-order valence-electron chi connectivity index (χ1n) is 10.5. The van der Waals surface area contributed by atoms with E-state index in [-0.39, 0.29) is 29.5 Å². The molecule has 1 N–H and O–H groups in total. The first-order chi connectivity index (χ1) is 16.8. The third kappa shape index (κ3) is 3.45. The van der Waals surface area contributed by atoms with Crippen molar-refractivity contribution in [2.45, 2.75) is 18.6 Å². The Hall–Kier alpha value is -4.49. The Morgan fingerprint density at radius 1 is 1.20 bits per heavy atom. The van der Waals surface area contributed by atoms with Crippen molar-refractivity contribution in [3.63, 3.8) is 0 Å². The van der Waals surface area contributed by atoms with Gasteiger partial charge in [0.25, 0.3) is 5.89 Å². The summed E-state index contributed by atoms with van der Waals surface area (Å²) in [5.74, 6) is -0.786. The lowest BCUT2D eigenvalue weighted by molar-refractivity contribution is -0.136. The molecule has 0 aliphatic carbocycles. The van der Waals surface area contributed by atoms with E-state index in [0.717, 1.165) is 16.3 Å². The van der Waals surface area contributed by atoms with E-state index in [1.54, 1.807) is 24.0 Å². The van der Waals surface area contributed by atoms with Crippen molar-refractivity contribution in [1.82, 2.24) is 44.5 Å². The number of nitrogens with one attached hydrogen (secondary N) is 1. The molecule has 1 aliphatic rings. The molecule has 5 aromatic rings. The molecule has 1 amide bonds. The summed E-state index contributed by atoms with van der Waals surface area (Å²) in [5, 5.41) is 16.3. The Bertz CT molecular complexity index is 1560. The first kappa shape index (κ1) is 21.1. The number of pyridine rings is 1. The Balaban J connectivity index is 1.42. The molecule has 14 heteroatoms. The van der Waals surface area contributed by atoms with E-state index < -0.39 is 23.7 Å². The number of alkyl halides is 3. The fourth-order valence-electron chi connectivity index (χ4n) is 4.27. The number of hydrogen-bond donors (Lipinski definition) is 1. The van der Waals surface area contributed by atoms with Gasteiger partial charge < -0.3 is 14.3 Å². The van der Waals surface area contributed by atoms with Crippen LogP contribution in [0.15, 0.2) is 47.4 Å². The number of amides is 1. The fraction of sp³-hybridized carbons (Fsp3) is 0.238. The molecular formula is C21H16F3N9O2. The SMILES string of the molecule is Cn1ccc(-c2nnc(C(=O)N3CCc4[nH]cnc4[C@H]3c3cc4c(C(F)(F)F)cccn4n3)o2)n1. The summed E-state index contributed by atoms with van der Waals surface area (Å²) < 4.78 is 49.0. The molecular weight excluding hydrogens is 467 g/mol. The van der Waals surface area contributed by atoms with E-state index in [1.165, 1.54) is 29.6 Å². The topological polar surface area (TPSA) is 123 Å². The summed E-state index contributed by atoms with van der Waals surface area (Å²) in [4.78, 5) is 22.2. The van der Waals surface area contributed by atoms with Crippen molar-refractivity contribution >= 4 is 11.4 Å². The molecule has 5 aromatic heterocycles. The molecule has 35 heavy (non-hydrogen) atoms. The number of rotatable bonds is 3. The minimum atomic E-state index is -4.56. The van der Waals surface area contributed by atoms with Gasteiger partial charge in [-0.05, 0) is 24.3 Å². The molecule has 178 valence electrons. The average molecular weight is 483 g/mol. The maximum Gasteiger partial charge on any atom is 0.418 e. The molecule has 11 nitrogen and oxygen atoms in total. The lowest BCUT2D eigenvalue weighted by Crippen LogP contribution is -2.41. The normalized spacial score (nSPS) is 16.1. The van der Waals surface area contributed by atoms with E-state index in [1.807, 2.05) is 0 Å². The molecule has 6 heterocycles. The Morgan fingerprint density at radius 3 is 2.83 bits per heavy atom. The van der Waals surface area contributed by atoms with E-state index in [9.17, 15) is 18.0 Å². The highest BCUT2D eigenvalue weighted by molar-refractivity contribution is 5.90. The van der Waals surface area contributed by atoms with E-state index in [4.69, 9.17) is 4.42 Å². The molecule has 0 aromatic carbocycles. The lowest BCUT2D eigenvalue weighted by Gasteiger charge is -2.32. The number of carbonyl (C=O) groups excluding carboxylic acids is 1. The monoisotopic (exact) mass is 483 g/mol. The van der Waals surface area contributed by atoms with Crippen molar-refractivity contribution < 1.29 is 22.4 Å². The zero-order valence-electron chi connectivity index (χ0n) is 18.1. The van der Waals surface area contributed by atoms with Crippen LogP contribution in [0.3, 0.4) is 0 Å². The molecule has 0 saturated heterocycles. The van der Waals surface area contributed by atoms with Crippen LogP contribution in [0.1, 0.15) is 39.4 Å². The van der Waals surface area contributed by atoms with Crippen LogP contribution in [0.25, 0.3) is 17.1 Å². The Kier molecular flexibility index (Phi) is 4.52. The number of hydrogen-bond acceptors (Lipinski definition) is 7. The second-order valence-electron chi connectivity index (χ2n) is 8.02. The highest BCUT2D eigenvalue weighted by Crippen LogP contribution is 2.37. The highest BCUT2D eigenvalue weighted by Gasteiger charge is 2.39. The van der Waals surface area contributed by atoms with Gasteiger partial charge >= 0.3 is 18.0 Å². The number of carbonyl (C=O) groups is 1. The number of fused-ring (bicyclic) bond motifs is 2. The minimum absolute atomic E-state index is 0.0746. The molecule has 1 aliphatic heterocycles. The second kappa shape index (κ2) is 7.51. The number of aromatic nitrogens is 8. The third-order valence-electron chi connectivity index (χ3n) is 5.83. The zero-order valence-corrected chi connectivity index (χ0v) is 18.1. The summed E-state index contributed by atoms with van der Waals surface area (Å²) in [5.41, 5.74) is 0.946. The summed E-state index contributed by atoms with van der Waals surface area (Å²) in [6.45, 7) is 0.236. The van der Waals surface area contributed by atoms with Crippen LogP contribution < -0.4 is 0 Å². The van der Waals surface area contributed by atoms with E-state index in [0.29, 0.717) is 17.8 Å². The number of aryl methyl sites for hydroxylation is 1. The smallest absolute Gasteiger partial charge is 0.411 e. The van der Waals surface area contributed by atoms with E-state index in [2.05, 4.69) is 30.4 Å². The quantitative estimate of drug-likeness (QED) is 0.419. The van der Waals surface area contributed by atoms with Crippen LogP contribution in [-0.4, -0.2) is 56.9 Å². The number of halogens is 3. The van der Waals surface area contributed by atoms with Gasteiger partial charge in [0.05, 0.1) is 28.8 Å².